The van der Waals surface area contributed by atoms with E-state index in [0.29, 0.717) is 17.5 Å². The molecule has 1 aliphatic carbocycles. The van der Waals surface area contributed by atoms with Gasteiger partial charge in [-0.05, 0) is 24.8 Å². The van der Waals surface area contributed by atoms with Gasteiger partial charge < -0.3 is 9.73 Å². The second-order valence-electron chi connectivity index (χ2n) is 6.15. The topological polar surface area (TPSA) is 25.2 Å². The van der Waals surface area contributed by atoms with Gasteiger partial charge in [0.2, 0.25) is 0 Å². The summed E-state index contributed by atoms with van der Waals surface area (Å²) in [5, 5.41) is 3.65. The molecule has 0 saturated carbocycles. The first kappa shape index (κ1) is 11.7. The van der Waals surface area contributed by atoms with Crippen LogP contribution in [-0.4, -0.2) is 6.04 Å². The molecule has 0 aliphatic heterocycles. The molecule has 0 amide bonds. The van der Waals surface area contributed by atoms with Crippen LogP contribution in [0.3, 0.4) is 0 Å². The zero-order valence-corrected chi connectivity index (χ0v) is 11.1. The van der Waals surface area contributed by atoms with E-state index in [1.807, 2.05) is 6.92 Å². The van der Waals surface area contributed by atoms with Crippen molar-refractivity contribution in [2.75, 3.05) is 0 Å². The summed E-state index contributed by atoms with van der Waals surface area (Å²) in [6, 6.07) is 3.17. The Kier molecular flexibility index (Phi) is 2.87. The second-order valence-corrected chi connectivity index (χ2v) is 6.15. The maximum absolute atomic E-state index is 5.81. The van der Waals surface area contributed by atoms with Crippen LogP contribution in [0.5, 0.6) is 0 Å². The van der Waals surface area contributed by atoms with E-state index in [1.165, 1.54) is 17.7 Å². The van der Waals surface area contributed by atoms with E-state index in [0.717, 1.165) is 12.2 Å². The average Bonchev–Trinajstić information content (AvgIpc) is 2.42. The Morgan fingerprint density at radius 1 is 1.44 bits per heavy atom. The Hall–Kier alpha value is -0.760. The van der Waals surface area contributed by atoms with Crippen molar-refractivity contribution in [2.45, 2.75) is 59.5 Å². The lowest BCUT2D eigenvalue weighted by Crippen LogP contribution is -2.35. The summed E-state index contributed by atoms with van der Waals surface area (Å²) in [6.07, 6.45) is 2.25. The van der Waals surface area contributed by atoms with Gasteiger partial charge in [0.05, 0.1) is 0 Å². The number of nitrogens with one attached hydrogen (secondary N) is 1. The van der Waals surface area contributed by atoms with Gasteiger partial charge in [-0.15, -0.1) is 0 Å². The van der Waals surface area contributed by atoms with E-state index in [9.17, 15) is 0 Å². The largest absolute Gasteiger partial charge is 0.466 e. The minimum atomic E-state index is 0.337. The molecule has 1 N–H and O–H groups in total. The summed E-state index contributed by atoms with van der Waals surface area (Å²) in [5.74, 6) is 2.23. The molecule has 0 radical (unpaired) electrons. The number of hydrogen-bond acceptors (Lipinski definition) is 2. The predicted octanol–water partition coefficient (Wildman–Crippen LogP) is 3.60. The molecule has 0 bridgehead atoms. The van der Waals surface area contributed by atoms with Crippen molar-refractivity contribution in [1.29, 1.82) is 0 Å². The molecule has 1 atom stereocenters. The van der Waals surface area contributed by atoms with Gasteiger partial charge in [-0.1, -0.05) is 27.7 Å². The van der Waals surface area contributed by atoms with Crippen LogP contribution in [0.25, 0.3) is 0 Å². The second kappa shape index (κ2) is 3.92. The zero-order valence-electron chi connectivity index (χ0n) is 11.1. The summed E-state index contributed by atoms with van der Waals surface area (Å²) in [4.78, 5) is 0. The standard InChI is InChI=1S/C14H23NO/c1-9(2)15-12-7-14(4,5)8-13-11(12)6-10(3)16-13/h6,9,12,15H,7-8H2,1-5H3. The molecule has 1 aromatic rings. The Bertz CT molecular complexity index is 376. The molecule has 90 valence electrons. The smallest absolute Gasteiger partial charge is 0.109 e. The summed E-state index contributed by atoms with van der Waals surface area (Å²) < 4.78 is 5.81. The third kappa shape index (κ3) is 2.32. The predicted molar refractivity (Wildman–Crippen MR) is 66.6 cm³/mol. The van der Waals surface area contributed by atoms with Gasteiger partial charge in [0, 0.05) is 24.1 Å². The molecule has 2 heteroatoms. The van der Waals surface area contributed by atoms with Crippen molar-refractivity contribution in [3.8, 4) is 0 Å². The first-order chi connectivity index (χ1) is 7.37. The van der Waals surface area contributed by atoms with Crippen molar-refractivity contribution < 1.29 is 4.42 Å². The highest BCUT2D eigenvalue weighted by Gasteiger charge is 2.34. The van der Waals surface area contributed by atoms with Crippen LogP contribution in [0, 0.1) is 12.3 Å². The van der Waals surface area contributed by atoms with Gasteiger partial charge in [0.15, 0.2) is 0 Å². The number of hydrogen-bond donors (Lipinski definition) is 1. The third-order valence-corrected chi connectivity index (χ3v) is 3.27. The van der Waals surface area contributed by atoms with Gasteiger partial charge in [-0.2, -0.15) is 0 Å². The highest BCUT2D eigenvalue weighted by Crippen LogP contribution is 2.42. The number of rotatable bonds is 2. The van der Waals surface area contributed by atoms with Crippen molar-refractivity contribution in [2.24, 2.45) is 5.41 Å². The van der Waals surface area contributed by atoms with Gasteiger partial charge >= 0.3 is 0 Å². The number of fused-ring (bicyclic) bond motifs is 1. The molecule has 1 unspecified atom stereocenters. The van der Waals surface area contributed by atoms with Crippen molar-refractivity contribution in [3.63, 3.8) is 0 Å². The van der Waals surface area contributed by atoms with Gasteiger partial charge in [0.25, 0.3) is 0 Å². The van der Waals surface area contributed by atoms with Crippen molar-refractivity contribution in [1.82, 2.24) is 5.32 Å². The molecule has 0 aromatic carbocycles. The molecule has 1 heterocycles. The summed E-state index contributed by atoms with van der Waals surface area (Å²) >= 11 is 0. The fraction of sp³-hybridized carbons (Fsp3) is 0.714. The lowest BCUT2D eigenvalue weighted by molar-refractivity contribution is 0.228. The Morgan fingerprint density at radius 3 is 2.75 bits per heavy atom. The molecule has 2 rings (SSSR count). The monoisotopic (exact) mass is 221 g/mol. The number of aryl methyl sites for hydroxylation is 1. The minimum Gasteiger partial charge on any atom is -0.466 e. The highest BCUT2D eigenvalue weighted by atomic mass is 16.3. The van der Waals surface area contributed by atoms with Gasteiger partial charge in [0.1, 0.15) is 11.5 Å². The molecule has 1 aliphatic rings. The fourth-order valence-electron chi connectivity index (χ4n) is 2.74. The van der Waals surface area contributed by atoms with Crippen LogP contribution in [0.15, 0.2) is 10.5 Å². The van der Waals surface area contributed by atoms with E-state index in [2.05, 4.69) is 39.1 Å². The molecule has 0 fully saturated rings. The van der Waals surface area contributed by atoms with E-state index < -0.39 is 0 Å². The molecule has 1 aromatic heterocycles. The Morgan fingerprint density at radius 2 is 2.12 bits per heavy atom. The lowest BCUT2D eigenvalue weighted by Gasteiger charge is -2.35. The molecular formula is C14H23NO. The number of furan rings is 1. The van der Waals surface area contributed by atoms with Crippen LogP contribution in [0.4, 0.5) is 0 Å². The molecular weight excluding hydrogens is 198 g/mol. The van der Waals surface area contributed by atoms with E-state index in [4.69, 9.17) is 4.42 Å². The summed E-state index contributed by atoms with van der Waals surface area (Å²) in [7, 11) is 0. The maximum atomic E-state index is 5.81. The van der Waals surface area contributed by atoms with Gasteiger partial charge in [-0.25, -0.2) is 0 Å². The quantitative estimate of drug-likeness (QED) is 0.825. The lowest BCUT2D eigenvalue weighted by atomic mass is 9.74. The van der Waals surface area contributed by atoms with Crippen LogP contribution < -0.4 is 5.32 Å². The molecule has 16 heavy (non-hydrogen) atoms. The Balaban J connectivity index is 2.31. The normalized spacial score (nSPS) is 23.5. The SMILES string of the molecule is Cc1cc2c(o1)CC(C)(C)CC2NC(C)C. The van der Waals surface area contributed by atoms with Crippen LogP contribution >= 0.6 is 0 Å². The van der Waals surface area contributed by atoms with Crippen molar-refractivity contribution >= 4 is 0 Å². The van der Waals surface area contributed by atoms with E-state index >= 15 is 0 Å². The first-order valence-electron chi connectivity index (χ1n) is 6.23. The van der Waals surface area contributed by atoms with Crippen molar-refractivity contribution in [3.05, 3.63) is 23.2 Å². The van der Waals surface area contributed by atoms with E-state index in [-0.39, 0.29) is 0 Å². The van der Waals surface area contributed by atoms with Crippen LogP contribution in [0.1, 0.15) is 57.2 Å². The maximum Gasteiger partial charge on any atom is 0.109 e. The first-order valence-corrected chi connectivity index (χ1v) is 6.23. The minimum absolute atomic E-state index is 0.337. The van der Waals surface area contributed by atoms with Crippen LogP contribution in [-0.2, 0) is 6.42 Å². The molecule has 0 saturated heterocycles. The third-order valence-electron chi connectivity index (χ3n) is 3.27. The Labute approximate surface area is 98.4 Å². The summed E-state index contributed by atoms with van der Waals surface area (Å²) in [5.41, 5.74) is 1.72. The highest BCUT2D eigenvalue weighted by molar-refractivity contribution is 5.29. The molecule has 2 nitrogen and oxygen atoms in total. The van der Waals surface area contributed by atoms with Gasteiger partial charge in [-0.3, -0.25) is 0 Å². The summed E-state index contributed by atoms with van der Waals surface area (Å²) in [6.45, 7) is 11.1. The van der Waals surface area contributed by atoms with Crippen LogP contribution in [0.2, 0.25) is 0 Å². The fourth-order valence-corrected chi connectivity index (χ4v) is 2.74. The van der Waals surface area contributed by atoms with E-state index in [1.54, 1.807) is 0 Å². The average molecular weight is 221 g/mol. The zero-order chi connectivity index (χ0) is 11.9. The molecule has 0 spiro atoms.